The Labute approximate surface area is 268 Å². The summed E-state index contributed by atoms with van der Waals surface area (Å²) in [6, 6.07) is 0. The van der Waals surface area contributed by atoms with Crippen LogP contribution < -0.4 is 16.6 Å². The molecule has 1 fully saturated rings. The lowest BCUT2D eigenvalue weighted by molar-refractivity contribution is -0.162. The molecule has 262 valence electrons. The number of aromatic amines is 1. The van der Waals surface area contributed by atoms with Crippen LogP contribution in [0.25, 0.3) is 0 Å². The highest BCUT2D eigenvalue weighted by molar-refractivity contribution is 7.53. The molecule has 1 unspecified atom stereocenters. The summed E-state index contributed by atoms with van der Waals surface area (Å²) in [5.74, 6) is -2.49. The topological polar surface area (TPSA) is 194 Å². The first kappa shape index (κ1) is 39.3. The molecule has 2 N–H and O–H groups in total. The number of carbonyl (C=O) groups excluding carboxylic acids is 3. The molecule has 0 aliphatic carbocycles. The van der Waals surface area contributed by atoms with Crippen molar-refractivity contribution in [3.05, 3.63) is 32.6 Å². The summed E-state index contributed by atoms with van der Waals surface area (Å²) < 4.78 is 48.7. The highest BCUT2D eigenvalue weighted by atomic mass is 31.2. The molecule has 1 saturated heterocycles. The first-order valence-electron chi connectivity index (χ1n) is 15.5. The molecule has 2 rings (SSSR count). The van der Waals surface area contributed by atoms with Crippen molar-refractivity contribution in [2.75, 3.05) is 59.8 Å². The highest BCUT2D eigenvalue weighted by Gasteiger charge is 2.52. The van der Waals surface area contributed by atoms with Crippen molar-refractivity contribution in [2.24, 2.45) is 5.92 Å². The number of aryl methyl sites for hydroxylation is 1. The molecule has 1 aromatic heterocycles. The zero-order chi connectivity index (χ0) is 34.4. The van der Waals surface area contributed by atoms with E-state index in [1.807, 2.05) is 25.9 Å². The van der Waals surface area contributed by atoms with E-state index in [-0.39, 0.29) is 44.4 Å². The van der Waals surface area contributed by atoms with Gasteiger partial charge in [-0.05, 0) is 47.2 Å². The smallest absolute Gasteiger partial charge is 0.331 e. The molecule has 0 spiro atoms. The third kappa shape index (κ3) is 12.0. The Morgan fingerprint density at radius 2 is 1.74 bits per heavy atom. The van der Waals surface area contributed by atoms with Crippen molar-refractivity contribution in [2.45, 2.75) is 78.4 Å². The summed E-state index contributed by atoms with van der Waals surface area (Å²) in [5.41, 5.74) is -1.23. The summed E-state index contributed by atoms with van der Waals surface area (Å²) in [7, 11) is 0.0887. The Balaban J connectivity index is 2.48. The summed E-state index contributed by atoms with van der Waals surface area (Å²) in [4.78, 5) is 67.1. The lowest BCUT2D eigenvalue weighted by atomic mass is 9.99. The van der Waals surface area contributed by atoms with Gasteiger partial charge in [0, 0.05) is 24.8 Å². The van der Waals surface area contributed by atoms with Gasteiger partial charge in [-0.3, -0.25) is 33.3 Å². The van der Waals surface area contributed by atoms with Gasteiger partial charge in [0.1, 0.15) is 18.8 Å². The van der Waals surface area contributed by atoms with Crippen LogP contribution in [-0.2, 0) is 46.9 Å². The third-order valence-corrected chi connectivity index (χ3v) is 9.25. The summed E-state index contributed by atoms with van der Waals surface area (Å²) in [6.07, 6.45) is -3.62. The summed E-state index contributed by atoms with van der Waals surface area (Å²) in [6.45, 7) is 9.25. The minimum atomic E-state index is -3.62. The van der Waals surface area contributed by atoms with E-state index in [4.69, 9.17) is 28.0 Å². The van der Waals surface area contributed by atoms with Gasteiger partial charge in [-0.25, -0.2) is 4.79 Å². The van der Waals surface area contributed by atoms with Crippen LogP contribution in [0.5, 0.6) is 0 Å². The van der Waals surface area contributed by atoms with Gasteiger partial charge in [0.05, 0.1) is 38.8 Å². The third-order valence-electron chi connectivity index (χ3n) is 6.93. The van der Waals surface area contributed by atoms with Crippen LogP contribution in [-0.4, -0.2) is 110 Å². The molecular weight excluding hydrogens is 627 g/mol. The molecule has 0 aromatic carbocycles. The van der Waals surface area contributed by atoms with Crippen LogP contribution in [0.4, 0.5) is 0 Å². The lowest BCUT2D eigenvalue weighted by Gasteiger charge is -2.28. The number of likely N-dealkylation sites (N-methyl/N-ethyl adjacent to an activating group) is 1. The van der Waals surface area contributed by atoms with Gasteiger partial charge in [-0.15, -0.1) is 0 Å². The molecular formula is C29H49N4O12P. The SMILES string of the molecule is CCCOC(=O)CCC(=O)O[C@@H]1C([C@@H](C)CP(=O)(OCC)OCC)O[C@H](n2cc(C)c(=O)[nH]c2=O)[C@@H]1OCC(=O)NCCN(C)C. The Bertz CT molecular complexity index is 1310. The van der Waals surface area contributed by atoms with Crippen LogP contribution in [0, 0.1) is 12.8 Å². The average Bonchev–Trinajstić information content (AvgIpc) is 3.33. The minimum Gasteiger partial charge on any atom is -0.466 e. The number of aromatic nitrogens is 2. The predicted molar refractivity (Wildman–Crippen MR) is 167 cm³/mol. The molecule has 0 saturated carbocycles. The Morgan fingerprint density at radius 3 is 2.35 bits per heavy atom. The molecule has 1 amide bonds. The summed E-state index contributed by atoms with van der Waals surface area (Å²) in [5, 5.41) is 2.73. The van der Waals surface area contributed by atoms with Crippen molar-refractivity contribution < 1.29 is 46.9 Å². The van der Waals surface area contributed by atoms with Gasteiger partial charge in [-0.2, -0.15) is 0 Å². The summed E-state index contributed by atoms with van der Waals surface area (Å²) >= 11 is 0. The second-order valence-electron chi connectivity index (χ2n) is 11.2. The number of H-pyrrole nitrogens is 1. The van der Waals surface area contributed by atoms with Gasteiger partial charge >= 0.3 is 25.2 Å². The Kier molecular flexibility index (Phi) is 16.3. The standard InChI is InChI=1S/C29H49N4O12P/c1-8-15-40-22(35)11-12-23(36)44-25-24(20(5)18-46(39,42-9-2)43-10-3)45-28(33-16-19(4)27(37)31-29(33)38)26(25)41-17-21(34)30-13-14-32(6)7/h16,20,24-26,28H,8-15,17-18H2,1-7H3,(H,30,34)(H,31,37,38)/t20-,24?,25+,26+,28-/m0/s1. The van der Waals surface area contributed by atoms with E-state index in [9.17, 15) is 28.5 Å². The fraction of sp³-hybridized carbons (Fsp3) is 0.759. The maximum atomic E-state index is 13.5. The van der Waals surface area contributed by atoms with Crippen molar-refractivity contribution in [1.82, 2.24) is 19.8 Å². The minimum absolute atomic E-state index is 0.116. The number of carbonyl (C=O) groups is 3. The monoisotopic (exact) mass is 676 g/mol. The fourth-order valence-corrected chi connectivity index (χ4v) is 6.76. The number of amides is 1. The normalized spacial score (nSPS) is 20.4. The van der Waals surface area contributed by atoms with Gasteiger partial charge in [0.25, 0.3) is 5.56 Å². The van der Waals surface area contributed by atoms with E-state index in [2.05, 4.69) is 10.3 Å². The largest absolute Gasteiger partial charge is 0.466 e. The van der Waals surface area contributed by atoms with E-state index < -0.39 is 73.8 Å². The maximum absolute atomic E-state index is 13.5. The van der Waals surface area contributed by atoms with Gasteiger partial charge in [-0.1, -0.05) is 13.8 Å². The molecule has 1 aliphatic rings. The first-order chi connectivity index (χ1) is 21.7. The molecule has 1 aromatic rings. The zero-order valence-corrected chi connectivity index (χ0v) is 28.7. The average molecular weight is 677 g/mol. The fourth-order valence-electron chi connectivity index (χ4n) is 4.77. The van der Waals surface area contributed by atoms with Crippen LogP contribution >= 0.6 is 7.60 Å². The van der Waals surface area contributed by atoms with Crippen molar-refractivity contribution in [3.63, 3.8) is 0 Å². The van der Waals surface area contributed by atoms with Gasteiger partial charge in [0.2, 0.25) is 5.91 Å². The van der Waals surface area contributed by atoms with Crippen molar-refractivity contribution in [1.29, 1.82) is 0 Å². The molecule has 0 bridgehead atoms. The van der Waals surface area contributed by atoms with E-state index in [1.54, 1.807) is 20.8 Å². The second kappa shape index (κ2) is 19.1. The molecule has 17 heteroatoms. The molecule has 46 heavy (non-hydrogen) atoms. The number of nitrogens with zero attached hydrogens (tertiary/aromatic N) is 2. The number of rotatable bonds is 20. The van der Waals surface area contributed by atoms with Gasteiger partial charge < -0.3 is 38.2 Å². The maximum Gasteiger partial charge on any atom is 0.331 e. The van der Waals surface area contributed by atoms with E-state index in [1.165, 1.54) is 13.1 Å². The molecule has 5 atom stereocenters. The van der Waals surface area contributed by atoms with Crippen LogP contribution in [0.2, 0.25) is 0 Å². The first-order valence-corrected chi connectivity index (χ1v) is 17.2. The molecule has 1 aliphatic heterocycles. The second-order valence-corrected chi connectivity index (χ2v) is 13.3. The predicted octanol–water partition coefficient (Wildman–Crippen LogP) is 1.35. The molecule has 16 nitrogen and oxygen atoms in total. The number of hydrogen-bond donors (Lipinski definition) is 2. The van der Waals surface area contributed by atoms with E-state index in [0.717, 1.165) is 4.57 Å². The zero-order valence-electron chi connectivity index (χ0n) is 27.8. The van der Waals surface area contributed by atoms with Gasteiger partial charge in [0.15, 0.2) is 12.3 Å². The highest BCUT2D eigenvalue weighted by Crippen LogP contribution is 2.51. The molecule has 0 radical (unpaired) electrons. The van der Waals surface area contributed by atoms with Crippen LogP contribution in [0.15, 0.2) is 15.8 Å². The van der Waals surface area contributed by atoms with Crippen LogP contribution in [0.3, 0.4) is 0 Å². The van der Waals surface area contributed by atoms with Crippen LogP contribution in [0.1, 0.15) is 58.7 Å². The number of esters is 2. The number of nitrogens with one attached hydrogen (secondary N) is 2. The van der Waals surface area contributed by atoms with E-state index in [0.29, 0.717) is 19.5 Å². The van der Waals surface area contributed by atoms with E-state index >= 15 is 0 Å². The number of hydrogen-bond acceptors (Lipinski definition) is 13. The quantitative estimate of drug-likeness (QED) is 0.149. The lowest BCUT2D eigenvalue weighted by Crippen LogP contribution is -2.44. The Morgan fingerprint density at radius 1 is 1.09 bits per heavy atom. The molecule has 2 heterocycles. The number of ether oxygens (including phenoxy) is 4. The Hall–Kier alpha value is -2.88. The van der Waals surface area contributed by atoms with Crippen molar-refractivity contribution in [3.8, 4) is 0 Å². The van der Waals surface area contributed by atoms with Crippen molar-refractivity contribution >= 4 is 25.4 Å².